The first kappa shape index (κ1) is 8.74. The van der Waals surface area contributed by atoms with Crippen LogP contribution in [0.25, 0.3) is 0 Å². The molecule has 0 aliphatic carbocycles. The van der Waals surface area contributed by atoms with Crippen LogP contribution in [0.15, 0.2) is 0 Å². The minimum atomic E-state index is 0.238. The molecule has 3 nitrogen and oxygen atoms in total. The Morgan fingerprint density at radius 1 is 1.58 bits per heavy atom. The van der Waals surface area contributed by atoms with Crippen molar-refractivity contribution in [1.82, 2.24) is 8.43 Å². The fraction of sp³-hybridized carbons (Fsp3) is 0.875. The topological polar surface area (TPSA) is 32.3 Å². The van der Waals surface area contributed by atoms with E-state index in [2.05, 4.69) is 31.3 Å². The largest absolute Gasteiger partial charge is 0.355 e. The Labute approximate surface area is 86.4 Å². The molecule has 2 rings (SSSR count). The highest BCUT2D eigenvalue weighted by Gasteiger charge is 2.41. The minimum absolute atomic E-state index is 0.238. The predicted molar refractivity (Wildman–Crippen MR) is 54.9 cm³/mol. The van der Waals surface area contributed by atoms with Gasteiger partial charge in [0, 0.05) is 54.3 Å². The van der Waals surface area contributed by atoms with Gasteiger partial charge in [-0.3, -0.25) is 4.79 Å². The molecule has 68 valence electrons. The average molecular weight is 280 g/mol. The van der Waals surface area contributed by atoms with Crippen LogP contribution in [0, 0.1) is 5.41 Å². The summed E-state index contributed by atoms with van der Waals surface area (Å²) in [5.41, 5.74) is 0.274. The fourth-order valence-corrected chi connectivity index (χ4v) is 3.25. The molecule has 12 heavy (non-hydrogen) atoms. The molecule has 1 atom stereocenters. The van der Waals surface area contributed by atoms with Gasteiger partial charge in [0.05, 0.1) is 0 Å². The number of carbonyl (C=O) groups excluding carboxylic acids is 1. The molecule has 0 bridgehead atoms. The highest BCUT2D eigenvalue weighted by molar-refractivity contribution is 14.1. The van der Waals surface area contributed by atoms with Gasteiger partial charge in [0.25, 0.3) is 0 Å². The third kappa shape index (κ3) is 1.59. The maximum atomic E-state index is 11.1. The molecular weight excluding hydrogens is 267 g/mol. The van der Waals surface area contributed by atoms with Crippen LogP contribution in [0.1, 0.15) is 19.3 Å². The van der Waals surface area contributed by atoms with Crippen LogP contribution in [0.5, 0.6) is 0 Å². The van der Waals surface area contributed by atoms with E-state index in [1.807, 2.05) is 0 Å². The quantitative estimate of drug-likeness (QED) is 0.529. The average Bonchev–Trinajstić information content (AvgIpc) is 2.32. The normalized spacial score (nSPS) is 37.2. The summed E-state index contributed by atoms with van der Waals surface area (Å²) in [6.07, 6.45) is 3.19. The first-order valence-corrected chi connectivity index (χ1v) is 5.34. The predicted octanol–water partition coefficient (Wildman–Crippen LogP) is 0.939. The molecule has 0 aromatic heterocycles. The number of nitrogens with one attached hydrogen (secondary N) is 1. The number of hydrogen-bond acceptors (Lipinski definition) is 2. The second-order valence-electron chi connectivity index (χ2n) is 3.90. The van der Waals surface area contributed by atoms with Gasteiger partial charge in [-0.05, 0) is 12.8 Å². The van der Waals surface area contributed by atoms with E-state index in [0.717, 1.165) is 19.5 Å². The summed E-state index contributed by atoms with van der Waals surface area (Å²) < 4.78 is 2.31. The molecule has 2 saturated heterocycles. The van der Waals surface area contributed by atoms with E-state index in [1.54, 1.807) is 0 Å². The Kier molecular flexibility index (Phi) is 2.29. The van der Waals surface area contributed by atoms with Crippen molar-refractivity contribution >= 4 is 28.8 Å². The van der Waals surface area contributed by atoms with Crippen molar-refractivity contribution in [3.05, 3.63) is 0 Å². The molecule has 1 spiro atoms. The van der Waals surface area contributed by atoms with Crippen LogP contribution in [-0.4, -0.2) is 28.7 Å². The second kappa shape index (κ2) is 3.14. The highest BCUT2D eigenvalue weighted by Crippen LogP contribution is 2.36. The standard InChI is InChI=1S/C8H13IN2O/c9-11-3-1-2-8(6-11)4-7(12)10-5-8/h1-6H2,(H,10,12). The van der Waals surface area contributed by atoms with E-state index in [0.29, 0.717) is 0 Å². The molecule has 4 heteroatoms. The van der Waals surface area contributed by atoms with Gasteiger partial charge in [0.2, 0.25) is 5.91 Å². The molecule has 0 radical (unpaired) electrons. The van der Waals surface area contributed by atoms with E-state index in [-0.39, 0.29) is 11.3 Å². The molecule has 2 aliphatic heterocycles. The van der Waals surface area contributed by atoms with E-state index < -0.39 is 0 Å². The van der Waals surface area contributed by atoms with E-state index in [4.69, 9.17) is 0 Å². The number of amides is 1. The second-order valence-corrected chi connectivity index (χ2v) is 5.27. The number of nitrogens with zero attached hydrogens (tertiary/aromatic N) is 1. The first-order chi connectivity index (χ1) is 5.70. The lowest BCUT2D eigenvalue weighted by atomic mass is 9.80. The summed E-state index contributed by atoms with van der Waals surface area (Å²) in [5.74, 6) is 0.238. The minimum Gasteiger partial charge on any atom is -0.355 e. The highest BCUT2D eigenvalue weighted by atomic mass is 127. The van der Waals surface area contributed by atoms with Gasteiger partial charge in [-0.15, -0.1) is 0 Å². The lowest BCUT2D eigenvalue weighted by molar-refractivity contribution is -0.119. The van der Waals surface area contributed by atoms with Gasteiger partial charge in [0.15, 0.2) is 0 Å². The number of carbonyl (C=O) groups is 1. The Morgan fingerprint density at radius 3 is 3.00 bits per heavy atom. The van der Waals surface area contributed by atoms with Crippen LogP contribution in [0.4, 0.5) is 0 Å². The van der Waals surface area contributed by atoms with Crippen molar-refractivity contribution in [1.29, 1.82) is 0 Å². The van der Waals surface area contributed by atoms with Crippen molar-refractivity contribution < 1.29 is 4.79 Å². The zero-order valence-electron chi connectivity index (χ0n) is 6.98. The molecule has 1 N–H and O–H groups in total. The van der Waals surface area contributed by atoms with Crippen LogP contribution >= 0.6 is 22.9 Å². The SMILES string of the molecule is O=C1CC2(CCCN(I)C2)CN1. The van der Waals surface area contributed by atoms with Crippen molar-refractivity contribution in [2.45, 2.75) is 19.3 Å². The Bertz CT molecular complexity index is 209. The fourth-order valence-electron chi connectivity index (χ4n) is 2.19. The molecule has 0 saturated carbocycles. The lowest BCUT2D eigenvalue weighted by Crippen LogP contribution is -2.39. The summed E-state index contributed by atoms with van der Waals surface area (Å²) >= 11 is 2.36. The smallest absolute Gasteiger partial charge is 0.220 e. The van der Waals surface area contributed by atoms with Crippen LogP contribution in [0.3, 0.4) is 0 Å². The first-order valence-electron chi connectivity index (χ1n) is 4.38. The molecule has 2 heterocycles. The molecule has 2 fully saturated rings. The Balaban J connectivity index is 2.05. The van der Waals surface area contributed by atoms with Gasteiger partial charge in [0.1, 0.15) is 0 Å². The zero-order valence-corrected chi connectivity index (χ0v) is 9.13. The lowest BCUT2D eigenvalue weighted by Gasteiger charge is -2.35. The monoisotopic (exact) mass is 280 g/mol. The van der Waals surface area contributed by atoms with Gasteiger partial charge in [-0.1, -0.05) is 0 Å². The summed E-state index contributed by atoms with van der Waals surface area (Å²) in [5, 5.41) is 2.93. The summed E-state index contributed by atoms with van der Waals surface area (Å²) in [7, 11) is 0. The Morgan fingerprint density at radius 2 is 2.42 bits per heavy atom. The van der Waals surface area contributed by atoms with E-state index in [1.165, 1.54) is 19.4 Å². The van der Waals surface area contributed by atoms with Crippen molar-refractivity contribution in [2.24, 2.45) is 5.41 Å². The number of rotatable bonds is 0. The zero-order chi connectivity index (χ0) is 8.60. The third-order valence-electron chi connectivity index (χ3n) is 2.81. The van der Waals surface area contributed by atoms with Crippen molar-refractivity contribution in [3.8, 4) is 0 Å². The van der Waals surface area contributed by atoms with E-state index >= 15 is 0 Å². The third-order valence-corrected chi connectivity index (χ3v) is 3.63. The Hall–Kier alpha value is 0.160. The van der Waals surface area contributed by atoms with Gasteiger partial charge in [-0.2, -0.15) is 0 Å². The molecule has 2 aliphatic rings. The van der Waals surface area contributed by atoms with Gasteiger partial charge >= 0.3 is 0 Å². The van der Waals surface area contributed by atoms with Crippen LogP contribution < -0.4 is 5.32 Å². The molecule has 1 amide bonds. The van der Waals surface area contributed by atoms with Crippen molar-refractivity contribution in [2.75, 3.05) is 19.6 Å². The summed E-state index contributed by atoms with van der Waals surface area (Å²) in [6, 6.07) is 0. The van der Waals surface area contributed by atoms with E-state index in [9.17, 15) is 4.79 Å². The van der Waals surface area contributed by atoms with Crippen LogP contribution in [0.2, 0.25) is 0 Å². The molecule has 1 unspecified atom stereocenters. The van der Waals surface area contributed by atoms with Gasteiger partial charge < -0.3 is 5.32 Å². The molecule has 0 aromatic rings. The van der Waals surface area contributed by atoms with Crippen molar-refractivity contribution in [3.63, 3.8) is 0 Å². The number of piperidine rings is 1. The molecule has 0 aromatic carbocycles. The van der Waals surface area contributed by atoms with Crippen LogP contribution in [-0.2, 0) is 4.79 Å². The van der Waals surface area contributed by atoms with Gasteiger partial charge in [-0.25, -0.2) is 3.11 Å². The maximum Gasteiger partial charge on any atom is 0.220 e. The maximum absolute atomic E-state index is 11.1. The number of hydrogen-bond donors (Lipinski definition) is 1. The summed E-state index contributed by atoms with van der Waals surface area (Å²) in [6.45, 7) is 3.15. The number of halogens is 1. The summed E-state index contributed by atoms with van der Waals surface area (Å²) in [4.78, 5) is 11.1. The molecular formula is C8H13IN2O.